The highest BCUT2D eigenvalue weighted by atomic mass is 79.9. The molecule has 0 bridgehead atoms. The van der Waals surface area contributed by atoms with Crippen molar-refractivity contribution in [2.24, 2.45) is 0 Å². The fraction of sp³-hybridized carbons (Fsp3) is 0.133. The van der Waals surface area contributed by atoms with E-state index in [9.17, 15) is 9.18 Å². The summed E-state index contributed by atoms with van der Waals surface area (Å²) in [5, 5.41) is 2.70. The summed E-state index contributed by atoms with van der Waals surface area (Å²) >= 11 is 3.08. The van der Waals surface area contributed by atoms with Crippen LogP contribution in [0.15, 0.2) is 40.9 Å². The first-order chi connectivity index (χ1) is 10.1. The largest absolute Gasteiger partial charge is 0.486 e. The zero-order valence-corrected chi connectivity index (χ0v) is 12.4. The van der Waals surface area contributed by atoms with Crippen molar-refractivity contribution in [1.82, 2.24) is 0 Å². The Morgan fingerprint density at radius 2 is 1.86 bits per heavy atom. The molecule has 1 amide bonds. The van der Waals surface area contributed by atoms with Crippen molar-refractivity contribution in [2.45, 2.75) is 0 Å². The van der Waals surface area contributed by atoms with Crippen molar-refractivity contribution in [3.8, 4) is 11.5 Å². The average Bonchev–Trinajstić information content (AvgIpc) is 2.50. The molecule has 2 aromatic rings. The van der Waals surface area contributed by atoms with E-state index in [1.807, 2.05) is 0 Å². The zero-order chi connectivity index (χ0) is 14.8. The number of nitrogens with one attached hydrogen (secondary N) is 1. The Labute approximate surface area is 129 Å². The van der Waals surface area contributed by atoms with Crippen LogP contribution in [0.2, 0.25) is 0 Å². The van der Waals surface area contributed by atoms with Gasteiger partial charge in [0.15, 0.2) is 11.5 Å². The molecule has 0 radical (unpaired) electrons. The summed E-state index contributed by atoms with van der Waals surface area (Å²) in [5.41, 5.74) is 0.947. The van der Waals surface area contributed by atoms with Crippen LogP contribution in [0.4, 0.5) is 10.1 Å². The summed E-state index contributed by atoms with van der Waals surface area (Å²) in [7, 11) is 0. The molecule has 0 atom stereocenters. The molecule has 0 unspecified atom stereocenters. The third-order valence-electron chi connectivity index (χ3n) is 2.98. The number of anilines is 1. The minimum atomic E-state index is -0.382. The molecule has 0 spiro atoms. The molecule has 4 nitrogen and oxygen atoms in total. The lowest BCUT2D eigenvalue weighted by Gasteiger charge is -2.18. The van der Waals surface area contributed by atoms with Crippen molar-refractivity contribution in [1.29, 1.82) is 0 Å². The molecule has 2 aromatic carbocycles. The lowest BCUT2D eigenvalue weighted by atomic mass is 10.1. The van der Waals surface area contributed by atoms with Gasteiger partial charge in [-0.15, -0.1) is 0 Å². The van der Waals surface area contributed by atoms with Crippen molar-refractivity contribution < 1.29 is 18.7 Å². The molecule has 1 heterocycles. The summed E-state index contributed by atoms with van der Waals surface area (Å²) in [6.45, 7) is 0.963. The van der Waals surface area contributed by atoms with Gasteiger partial charge in [0, 0.05) is 11.3 Å². The van der Waals surface area contributed by atoms with Gasteiger partial charge in [0.2, 0.25) is 0 Å². The second-order valence-corrected chi connectivity index (χ2v) is 5.30. The van der Waals surface area contributed by atoms with Crippen LogP contribution in [0.5, 0.6) is 11.5 Å². The molecule has 0 aromatic heterocycles. The first kappa shape index (κ1) is 13.9. The van der Waals surface area contributed by atoms with E-state index in [1.165, 1.54) is 18.2 Å². The number of halogens is 2. The number of benzene rings is 2. The van der Waals surface area contributed by atoms with Crippen LogP contribution in [0.25, 0.3) is 0 Å². The highest BCUT2D eigenvalue weighted by Crippen LogP contribution is 2.31. The Hall–Kier alpha value is -2.08. The number of carbonyl (C=O) groups excluding carboxylic acids is 1. The van der Waals surface area contributed by atoms with Gasteiger partial charge in [0.05, 0.1) is 4.47 Å². The van der Waals surface area contributed by atoms with Crippen LogP contribution in [0, 0.1) is 5.82 Å². The van der Waals surface area contributed by atoms with Gasteiger partial charge in [-0.05, 0) is 52.3 Å². The van der Waals surface area contributed by atoms with Crippen LogP contribution < -0.4 is 14.8 Å². The average molecular weight is 352 g/mol. The number of fused-ring (bicyclic) bond motifs is 1. The Bertz CT molecular complexity index is 705. The molecule has 6 heteroatoms. The standard InChI is InChI=1S/C15H11BrFNO3/c16-11-8-10(2-3-12(11)17)18-15(19)9-1-4-13-14(7-9)21-6-5-20-13/h1-4,7-8H,5-6H2,(H,18,19). The molecule has 1 aliphatic heterocycles. The summed E-state index contributed by atoms with van der Waals surface area (Å²) in [5.74, 6) is 0.495. The fourth-order valence-corrected chi connectivity index (χ4v) is 2.34. The zero-order valence-electron chi connectivity index (χ0n) is 10.9. The van der Waals surface area contributed by atoms with Gasteiger partial charge in [-0.2, -0.15) is 0 Å². The third kappa shape index (κ3) is 3.00. The highest BCUT2D eigenvalue weighted by Gasteiger charge is 2.15. The fourth-order valence-electron chi connectivity index (χ4n) is 1.96. The molecule has 0 saturated carbocycles. The second-order valence-electron chi connectivity index (χ2n) is 4.44. The summed E-state index contributed by atoms with van der Waals surface area (Å²) < 4.78 is 24.3. The van der Waals surface area contributed by atoms with E-state index in [1.54, 1.807) is 18.2 Å². The molecule has 1 aliphatic rings. The van der Waals surface area contributed by atoms with Gasteiger partial charge in [-0.25, -0.2) is 4.39 Å². The van der Waals surface area contributed by atoms with E-state index in [4.69, 9.17) is 9.47 Å². The molecule has 3 rings (SSSR count). The SMILES string of the molecule is O=C(Nc1ccc(F)c(Br)c1)c1ccc2c(c1)OCCO2. The van der Waals surface area contributed by atoms with Crippen LogP contribution in [-0.2, 0) is 0 Å². The van der Waals surface area contributed by atoms with Crippen LogP contribution >= 0.6 is 15.9 Å². The smallest absolute Gasteiger partial charge is 0.255 e. The van der Waals surface area contributed by atoms with Crippen molar-refractivity contribution in [3.63, 3.8) is 0 Å². The first-order valence-electron chi connectivity index (χ1n) is 6.29. The lowest BCUT2D eigenvalue weighted by molar-refractivity contribution is 0.102. The van der Waals surface area contributed by atoms with Crippen molar-refractivity contribution >= 4 is 27.5 Å². The van der Waals surface area contributed by atoms with Gasteiger partial charge < -0.3 is 14.8 Å². The number of hydrogen-bond acceptors (Lipinski definition) is 3. The Balaban J connectivity index is 1.80. The number of amides is 1. The summed E-state index contributed by atoms with van der Waals surface area (Å²) in [4.78, 5) is 12.2. The molecule has 0 aliphatic carbocycles. The quantitative estimate of drug-likeness (QED) is 0.898. The third-order valence-corrected chi connectivity index (χ3v) is 3.59. The Morgan fingerprint density at radius 3 is 2.62 bits per heavy atom. The molecule has 0 saturated heterocycles. The maximum atomic E-state index is 13.2. The maximum Gasteiger partial charge on any atom is 0.255 e. The first-order valence-corrected chi connectivity index (χ1v) is 7.09. The second kappa shape index (κ2) is 5.73. The molecule has 0 fully saturated rings. The van der Waals surface area contributed by atoms with E-state index >= 15 is 0 Å². The van der Waals surface area contributed by atoms with Gasteiger partial charge in [-0.3, -0.25) is 4.79 Å². The predicted molar refractivity (Wildman–Crippen MR) is 79.5 cm³/mol. The number of hydrogen-bond donors (Lipinski definition) is 1. The van der Waals surface area contributed by atoms with Crippen LogP contribution in [-0.4, -0.2) is 19.1 Å². The Morgan fingerprint density at radius 1 is 1.10 bits per heavy atom. The van der Waals surface area contributed by atoms with Gasteiger partial charge in [0.25, 0.3) is 5.91 Å². The van der Waals surface area contributed by atoms with E-state index in [-0.39, 0.29) is 11.7 Å². The highest BCUT2D eigenvalue weighted by molar-refractivity contribution is 9.10. The van der Waals surface area contributed by atoms with E-state index < -0.39 is 0 Å². The monoisotopic (exact) mass is 351 g/mol. The van der Waals surface area contributed by atoms with E-state index in [2.05, 4.69) is 21.2 Å². The number of ether oxygens (including phenoxy) is 2. The Kier molecular flexibility index (Phi) is 3.79. The predicted octanol–water partition coefficient (Wildman–Crippen LogP) is 3.61. The van der Waals surface area contributed by atoms with E-state index in [0.29, 0.717) is 40.4 Å². The van der Waals surface area contributed by atoms with Gasteiger partial charge >= 0.3 is 0 Å². The number of rotatable bonds is 2. The normalized spacial score (nSPS) is 12.9. The van der Waals surface area contributed by atoms with E-state index in [0.717, 1.165) is 0 Å². The summed E-state index contributed by atoms with van der Waals surface area (Å²) in [6, 6.07) is 9.26. The lowest BCUT2D eigenvalue weighted by Crippen LogP contribution is -2.17. The maximum absolute atomic E-state index is 13.2. The van der Waals surface area contributed by atoms with Gasteiger partial charge in [0.1, 0.15) is 19.0 Å². The molecule has 21 heavy (non-hydrogen) atoms. The molecular formula is C15H11BrFNO3. The van der Waals surface area contributed by atoms with Crippen molar-refractivity contribution in [2.75, 3.05) is 18.5 Å². The summed E-state index contributed by atoms with van der Waals surface area (Å²) in [6.07, 6.45) is 0. The number of carbonyl (C=O) groups is 1. The molecular weight excluding hydrogens is 341 g/mol. The molecule has 108 valence electrons. The molecule has 1 N–H and O–H groups in total. The van der Waals surface area contributed by atoms with Gasteiger partial charge in [-0.1, -0.05) is 0 Å². The minimum absolute atomic E-state index is 0.294. The van der Waals surface area contributed by atoms with Crippen LogP contribution in [0.1, 0.15) is 10.4 Å². The van der Waals surface area contributed by atoms with Crippen molar-refractivity contribution in [3.05, 3.63) is 52.3 Å². The topological polar surface area (TPSA) is 47.6 Å². The van der Waals surface area contributed by atoms with Crippen LogP contribution in [0.3, 0.4) is 0 Å². The minimum Gasteiger partial charge on any atom is -0.486 e.